The lowest BCUT2D eigenvalue weighted by atomic mass is 10.1. The summed E-state index contributed by atoms with van der Waals surface area (Å²) < 4.78 is 4.92. The molecule has 0 saturated heterocycles. The van der Waals surface area contributed by atoms with Gasteiger partial charge in [-0.1, -0.05) is 17.7 Å². The minimum Gasteiger partial charge on any atom is -0.383 e. The Morgan fingerprint density at radius 1 is 1.18 bits per heavy atom. The molecule has 3 amide bonds. The molecule has 122 valence electrons. The van der Waals surface area contributed by atoms with Gasteiger partial charge in [0.2, 0.25) is 5.91 Å². The zero-order valence-electron chi connectivity index (χ0n) is 13.9. The van der Waals surface area contributed by atoms with E-state index in [4.69, 9.17) is 4.74 Å². The topological polar surface area (TPSA) is 79.5 Å². The van der Waals surface area contributed by atoms with Crippen LogP contribution in [0.2, 0.25) is 0 Å². The van der Waals surface area contributed by atoms with Gasteiger partial charge in [-0.15, -0.1) is 0 Å². The van der Waals surface area contributed by atoms with E-state index in [2.05, 4.69) is 16.0 Å². The molecular formula is C16H25N3O3. The SMILES string of the molecule is COCC(C)NC(=O)NCC(=O)Nc1c(C)cc(C)cc1C. The lowest BCUT2D eigenvalue weighted by Gasteiger charge is -2.15. The predicted octanol–water partition coefficient (Wildman–Crippen LogP) is 1.88. The van der Waals surface area contributed by atoms with Crippen LogP contribution in [0.1, 0.15) is 23.6 Å². The van der Waals surface area contributed by atoms with Gasteiger partial charge in [-0.05, 0) is 38.8 Å². The molecule has 0 bridgehead atoms. The number of benzene rings is 1. The second-order valence-electron chi connectivity index (χ2n) is 5.51. The quantitative estimate of drug-likeness (QED) is 0.751. The number of rotatable bonds is 6. The van der Waals surface area contributed by atoms with Gasteiger partial charge in [0, 0.05) is 12.8 Å². The van der Waals surface area contributed by atoms with E-state index in [-0.39, 0.29) is 18.5 Å². The summed E-state index contributed by atoms with van der Waals surface area (Å²) in [6, 6.07) is 3.51. The first-order valence-electron chi connectivity index (χ1n) is 7.24. The Balaban J connectivity index is 2.49. The van der Waals surface area contributed by atoms with Gasteiger partial charge < -0.3 is 20.7 Å². The molecule has 3 N–H and O–H groups in total. The third-order valence-electron chi connectivity index (χ3n) is 3.15. The summed E-state index contributed by atoms with van der Waals surface area (Å²) in [5, 5.41) is 8.03. The van der Waals surface area contributed by atoms with Crippen LogP contribution < -0.4 is 16.0 Å². The molecular weight excluding hydrogens is 282 g/mol. The van der Waals surface area contributed by atoms with E-state index < -0.39 is 6.03 Å². The van der Waals surface area contributed by atoms with Crippen LogP contribution in [0.15, 0.2) is 12.1 Å². The highest BCUT2D eigenvalue weighted by atomic mass is 16.5. The molecule has 0 saturated carbocycles. The fourth-order valence-corrected chi connectivity index (χ4v) is 2.29. The Morgan fingerprint density at radius 3 is 2.32 bits per heavy atom. The number of carbonyl (C=O) groups is 2. The average molecular weight is 307 g/mol. The highest BCUT2D eigenvalue weighted by molar-refractivity contribution is 5.95. The molecule has 1 unspecified atom stereocenters. The number of carbonyl (C=O) groups excluding carboxylic acids is 2. The molecule has 0 spiro atoms. The van der Waals surface area contributed by atoms with Crippen molar-refractivity contribution in [1.82, 2.24) is 10.6 Å². The third-order valence-corrected chi connectivity index (χ3v) is 3.15. The van der Waals surface area contributed by atoms with Gasteiger partial charge >= 0.3 is 6.03 Å². The molecule has 1 atom stereocenters. The maximum atomic E-state index is 11.9. The molecule has 1 aromatic carbocycles. The summed E-state index contributed by atoms with van der Waals surface area (Å²) in [5.74, 6) is -0.260. The van der Waals surface area contributed by atoms with Gasteiger partial charge in [0.05, 0.1) is 19.2 Å². The molecule has 0 heterocycles. The fourth-order valence-electron chi connectivity index (χ4n) is 2.29. The van der Waals surface area contributed by atoms with Crippen molar-refractivity contribution >= 4 is 17.6 Å². The van der Waals surface area contributed by atoms with Crippen molar-refractivity contribution in [2.75, 3.05) is 25.6 Å². The molecule has 1 aromatic rings. The van der Waals surface area contributed by atoms with Crippen LogP contribution >= 0.6 is 0 Å². The van der Waals surface area contributed by atoms with Gasteiger partial charge in [-0.25, -0.2) is 4.79 Å². The van der Waals surface area contributed by atoms with Gasteiger partial charge in [0.25, 0.3) is 0 Å². The van der Waals surface area contributed by atoms with E-state index in [0.29, 0.717) is 6.61 Å². The molecule has 1 rings (SSSR count). The van der Waals surface area contributed by atoms with Crippen LogP contribution in [-0.4, -0.2) is 38.2 Å². The first-order chi connectivity index (χ1) is 10.3. The normalized spacial score (nSPS) is 11.7. The van der Waals surface area contributed by atoms with Gasteiger partial charge in [-0.3, -0.25) is 4.79 Å². The lowest BCUT2D eigenvalue weighted by Crippen LogP contribution is -2.45. The molecule has 0 aliphatic heterocycles. The Bertz CT molecular complexity index is 520. The van der Waals surface area contributed by atoms with Gasteiger partial charge in [0.15, 0.2) is 0 Å². The number of anilines is 1. The lowest BCUT2D eigenvalue weighted by molar-refractivity contribution is -0.115. The smallest absolute Gasteiger partial charge is 0.315 e. The average Bonchev–Trinajstić information content (AvgIpc) is 2.40. The second kappa shape index (κ2) is 8.38. The first-order valence-corrected chi connectivity index (χ1v) is 7.24. The van der Waals surface area contributed by atoms with Crippen LogP contribution in [0.3, 0.4) is 0 Å². The van der Waals surface area contributed by atoms with Crippen LogP contribution in [0.25, 0.3) is 0 Å². The van der Waals surface area contributed by atoms with Crippen molar-refractivity contribution in [2.24, 2.45) is 0 Å². The number of methoxy groups -OCH3 is 1. The zero-order valence-corrected chi connectivity index (χ0v) is 13.9. The molecule has 6 heteroatoms. The van der Waals surface area contributed by atoms with Gasteiger partial charge in [0.1, 0.15) is 0 Å². The van der Waals surface area contributed by atoms with Crippen LogP contribution in [0.4, 0.5) is 10.5 Å². The van der Waals surface area contributed by atoms with Crippen molar-refractivity contribution in [1.29, 1.82) is 0 Å². The summed E-state index contributed by atoms with van der Waals surface area (Å²) in [5.41, 5.74) is 3.95. The van der Waals surface area contributed by atoms with Crippen LogP contribution in [0, 0.1) is 20.8 Å². The zero-order chi connectivity index (χ0) is 16.7. The molecule has 0 fully saturated rings. The summed E-state index contributed by atoms with van der Waals surface area (Å²) in [6.45, 7) is 8.06. The molecule has 0 aliphatic rings. The Labute approximate surface area is 131 Å². The van der Waals surface area contributed by atoms with E-state index >= 15 is 0 Å². The third kappa shape index (κ3) is 5.73. The van der Waals surface area contributed by atoms with Crippen molar-refractivity contribution in [3.63, 3.8) is 0 Å². The Hall–Kier alpha value is -2.08. The summed E-state index contributed by atoms with van der Waals surface area (Å²) in [7, 11) is 1.57. The standard InChI is InChI=1S/C16H25N3O3/c1-10-6-11(2)15(12(3)7-10)19-14(20)8-17-16(21)18-13(4)9-22-5/h6-7,13H,8-9H2,1-5H3,(H,19,20)(H2,17,18,21). The minimum absolute atomic E-state index is 0.0850. The Morgan fingerprint density at radius 2 is 1.77 bits per heavy atom. The van der Waals surface area contributed by atoms with Crippen molar-refractivity contribution in [3.8, 4) is 0 Å². The molecule has 6 nitrogen and oxygen atoms in total. The molecule has 22 heavy (non-hydrogen) atoms. The minimum atomic E-state index is -0.392. The Kier molecular flexibility index (Phi) is 6.85. The number of aryl methyl sites for hydroxylation is 3. The number of ether oxygens (including phenoxy) is 1. The summed E-state index contributed by atoms with van der Waals surface area (Å²) in [4.78, 5) is 23.5. The number of amides is 3. The van der Waals surface area contributed by atoms with Crippen LogP contribution in [-0.2, 0) is 9.53 Å². The van der Waals surface area contributed by atoms with E-state index in [1.807, 2.05) is 39.8 Å². The number of hydrogen-bond donors (Lipinski definition) is 3. The van der Waals surface area contributed by atoms with E-state index in [1.54, 1.807) is 7.11 Å². The summed E-state index contributed by atoms with van der Waals surface area (Å²) >= 11 is 0. The fraction of sp³-hybridized carbons (Fsp3) is 0.500. The first kappa shape index (κ1) is 18.0. The molecule has 0 radical (unpaired) electrons. The number of nitrogens with one attached hydrogen (secondary N) is 3. The van der Waals surface area contributed by atoms with E-state index in [0.717, 1.165) is 22.4 Å². The summed E-state index contributed by atoms with van der Waals surface area (Å²) in [6.07, 6.45) is 0. The number of hydrogen-bond acceptors (Lipinski definition) is 3. The van der Waals surface area contributed by atoms with Crippen molar-refractivity contribution in [2.45, 2.75) is 33.7 Å². The van der Waals surface area contributed by atoms with Crippen molar-refractivity contribution < 1.29 is 14.3 Å². The van der Waals surface area contributed by atoms with Gasteiger partial charge in [-0.2, -0.15) is 0 Å². The highest BCUT2D eigenvalue weighted by Gasteiger charge is 2.11. The molecule has 0 aromatic heterocycles. The number of urea groups is 1. The highest BCUT2D eigenvalue weighted by Crippen LogP contribution is 2.21. The van der Waals surface area contributed by atoms with Crippen molar-refractivity contribution in [3.05, 3.63) is 28.8 Å². The predicted molar refractivity (Wildman–Crippen MR) is 87.2 cm³/mol. The maximum Gasteiger partial charge on any atom is 0.315 e. The molecule has 0 aliphatic carbocycles. The second-order valence-corrected chi connectivity index (χ2v) is 5.51. The van der Waals surface area contributed by atoms with Crippen LogP contribution in [0.5, 0.6) is 0 Å². The largest absolute Gasteiger partial charge is 0.383 e. The monoisotopic (exact) mass is 307 g/mol. The van der Waals surface area contributed by atoms with E-state index in [1.165, 1.54) is 0 Å². The maximum absolute atomic E-state index is 11.9. The van der Waals surface area contributed by atoms with E-state index in [9.17, 15) is 9.59 Å².